The van der Waals surface area contributed by atoms with Gasteiger partial charge in [0.1, 0.15) is 5.75 Å². The Labute approximate surface area is 97.9 Å². The summed E-state index contributed by atoms with van der Waals surface area (Å²) in [6, 6.07) is 6.57. The van der Waals surface area contributed by atoms with E-state index >= 15 is 0 Å². The first-order chi connectivity index (χ1) is 8.15. The molecule has 17 heavy (non-hydrogen) atoms. The number of nitrogens with zero attached hydrogens (tertiary/aromatic N) is 2. The molecular weight excluding hydrogens is 218 g/mol. The van der Waals surface area contributed by atoms with E-state index < -0.39 is 0 Å². The van der Waals surface area contributed by atoms with Crippen molar-refractivity contribution in [3.63, 3.8) is 0 Å². The molecule has 0 atom stereocenters. The van der Waals surface area contributed by atoms with Gasteiger partial charge in [-0.1, -0.05) is 0 Å². The highest BCUT2D eigenvalue weighted by molar-refractivity contribution is 5.37. The lowest BCUT2D eigenvalue weighted by atomic mass is 10.3. The predicted molar refractivity (Wildman–Crippen MR) is 63.2 cm³/mol. The van der Waals surface area contributed by atoms with Crippen LogP contribution in [0.3, 0.4) is 0 Å². The van der Waals surface area contributed by atoms with Crippen LogP contribution in [0.2, 0.25) is 0 Å². The van der Waals surface area contributed by atoms with Crippen molar-refractivity contribution in [2.75, 3.05) is 7.05 Å². The number of nitrogens with one attached hydrogen (secondary N) is 1. The molecule has 0 unspecified atom stereocenters. The highest BCUT2D eigenvalue weighted by Crippen LogP contribution is 2.18. The van der Waals surface area contributed by atoms with Gasteiger partial charge in [0.05, 0.1) is 16.9 Å². The lowest BCUT2D eigenvalue weighted by molar-refractivity contribution is 0.346. The summed E-state index contributed by atoms with van der Waals surface area (Å²) in [6.45, 7) is 1.46. The summed E-state index contributed by atoms with van der Waals surface area (Å²) in [6.07, 6.45) is 0. The maximum Gasteiger partial charge on any atom is 0.276 e. The van der Waals surface area contributed by atoms with Gasteiger partial charge < -0.3 is 5.11 Å². The van der Waals surface area contributed by atoms with Gasteiger partial charge in [0.25, 0.3) is 5.56 Å². The van der Waals surface area contributed by atoms with E-state index in [0.717, 1.165) is 23.5 Å². The van der Waals surface area contributed by atoms with Crippen molar-refractivity contribution in [1.82, 2.24) is 14.7 Å². The van der Waals surface area contributed by atoms with Crippen LogP contribution in [0, 0.1) is 0 Å². The maximum absolute atomic E-state index is 12.1. The van der Waals surface area contributed by atoms with E-state index in [1.165, 1.54) is 4.68 Å². The topological polar surface area (TPSA) is 61.3 Å². The van der Waals surface area contributed by atoms with Crippen molar-refractivity contribution < 1.29 is 5.11 Å². The maximum atomic E-state index is 12.1. The Bertz CT molecular complexity index is 610. The predicted octanol–water partition coefficient (Wildman–Crippen LogP) is 0.817. The van der Waals surface area contributed by atoms with E-state index in [-0.39, 0.29) is 11.3 Å². The molecule has 2 aromatic rings. The first-order valence-electron chi connectivity index (χ1n) is 5.46. The van der Waals surface area contributed by atoms with Crippen LogP contribution in [-0.2, 0) is 13.1 Å². The number of aromatic hydroxyl groups is 1. The van der Waals surface area contributed by atoms with E-state index in [4.69, 9.17) is 0 Å². The third kappa shape index (κ3) is 1.55. The van der Waals surface area contributed by atoms with Crippen LogP contribution in [-0.4, -0.2) is 26.8 Å². The van der Waals surface area contributed by atoms with Gasteiger partial charge in [-0.3, -0.25) is 14.8 Å². The third-order valence-corrected chi connectivity index (χ3v) is 3.04. The summed E-state index contributed by atoms with van der Waals surface area (Å²) in [5.74, 6) is 0.195. The molecule has 1 aliphatic rings. The lowest BCUT2D eigenvalue weighted by Crippen LogP contribution is -2.20. The largest absolute Gasteiger partial charge is 0.508 e. The Morgan fingerprint density at radius 2 is 1.94 bits per heavy atom. The second kappa shape index (κ2) is 3.49. The molecule has 1 aromatic heterocycles. The number of phenols is 1. The first-order valence-corrected chi connectivity index (χ1v) is 5.46. The van der Waals surface area contributed by atoms with Crippen LogP contribution in [0.15, 0.2) is 29.1 Å². The van der Waals surface area contributed by atoms with Crippen molar-refractivity contribution in [2.45, 2.75) is 13.1 Å². The van der Waals surface area contributed by atoms with Gasteiger partial charge in [-0.05, 0) is 31.3 Å². The van der Waals surface area contributed by atoms with E-state index in [0.29, 0.717) is 6.54 Å². The molecule has 88 valence electrons. The number of rotatable bonds is 1. The second-order valence-corrected chi connectivity index (χ2v) is 4.40. The summed E-state index contributed by atoms with van der Waals surface area (Å²) in [5.41, 5.74) is 2.55. The van der Waals surface area contributed by atoms with Gasteiger partial charge >= 0.3 is 0 Å². The molecule has 0 aliphatic carbocycles. The van der Waals surface area contributed by atoms with Gasteiger partial charge in [-0.25, -0.2) is 4.68 Å². The average Bonchev–Trinajstić information content (AvgIpc) is 2.79. The van der Waals surface area contributed by atoms with Crippen molar-refractivity contribution in [3.8, 4) is 11.4 Å². The monoisotopic (exact) mass is 231 g/mol. The van der Waals surface area contributed by atoms with Crippen molar-refractivity contribution >= 4 is 0 Å². The quantitative estimate of drug-likeness (QED) is 0.763. The van der Waals surface area contributed by atoms with Crippen LogP contribution >= 0.6 is 0 Å². The standard InChI is InChI=1S/C12H13N3O2/c1-14-6-10-11(7-14)13-15(12(10)17)8-2-4-9(16)5-3-8/h2-5,13,16H,6-7H2,1H3. The normalized spacial score (nSPS) is 15.1. The minimum atomic E-state index is -0.00459. The second-order valence-electron chi connectivity index (χ2n) is 4.40. The number of aromatic nitrogens is 2. The van der Waals surface area contributed by atoms with E-state index in [9.17, 15) is 9.90 Å². The molecule has 2 N–H and O–H groups in total. The van der Waals surface area contributed by atoms with E-state index in [1.54, 1.807) is 24.3 Å². The zero-order valence-corrected chi connectivity index (χ0v) is 9.47. The van der Waals surface area contributed by atoms with Crippen molar-refractivity contribution in [2.24, 2.45) is 0 Å². The molecular formula is C12H13N3O2. The molecule has 0 saturated heterocycles. The van der Waals surface area contributed by atoms with Gasteiger partial charge in [0, 0.05) is 13.1 Å². The Kier molecular flexibility index (Phi) is 2.09. The van der Waals surface area contributed by atoms with Crippen LogP contribution in [0.25, 0.3) is 5.69 Å². The Balaban J connectivity index is 2.09. The summed E-state index contributed by atoms with van der Waals surface area (Å²) < 4.78 is 1.52. The Morgan fingerprint density at radius 1 is 1.24 bits per heavy atom. The van der Waals surface area contributed by atoms with Crippen LogP contribution in [0.4, 0.5) is 0 Å². The van der Waals surface area contributed by atoms with Crippen molar-refractivity contribution in [3.05, 3.63) is 45.9 Å². The smallest absolute Gasteiger partial charge is 0.276 e. The minimum Gasteiger partial charge on any atom is -0.508 e. The fourth-order valence-corrected chi connectivity index (χ4v) is 2.19. The molecule has 0 bridgehead atoms. The summed E-state index contributed by atoms with van der Waals surface area (Å²) in [5, 5.41) is 12.3. The van der Waals surface area contributed by atoms with Gasteiger partial charge in [-0.2, -0.15) is 0 Å². The highest BCUT2D eigenvalue weighted by atomic mass is 16.3. The summed E-state index contributed by atoms with van der Waals surface area (Å²) >= 11 is 0. The molecule has 0 fully saturated rings. The molecule has 0 saturated carbocycles. The Hall–Kier alpha value is -2.01. The lowest BCUT2D eigenvalue weighted by Gasteiger charge is -2.07. The summed E-state index contributed by atoms with van der Waals surface area (Å²) in [7, 11) is 1.98. The van der Waals surface area contributed by atoms with Crippen LogP contribution in [0.5, 0.6) is 5.75 Å². The number of H-pyrrole nitrogens is 1. The molecule has 5 heteroatoms. The first kappa shape index (κ1) is 10.2. The molecule has 3 rings (SSSR count). The molecule has 5 nitrogen and oxygen atoms in total. The number of hydrogen-bond acceptors (Lipinski definition) is 3. The molecule has 1 aliphatic heterocycles. The third-order valence-electron chi connectivity index (χ3n) is 3.04. The van der Waals surface area contributed by atoms with Gasteiger partial charge in [0.15, 0.2) is 0 Å². The minimum absolute atomic E-state index is 0.00459. The molecule has 0 spiro atoms. The van der Waals surface area contributed by atoms with Crippen molar-refractivity contribution in [1.29, 1.82) is 0 Å². The zero-order chi connectivity index (χ0) is 12.0. The highest BCUT2D eigenvalue weighted by Gasteiger charge is 2.23. The van der Waals surface area contributed by atoms with Crippen LogP contribution in [0.1, 0.15) is 11.3 Å². The van der Waals surface area contributed by atoms with E-state index in [2.05, 4.69) is 10.00 Å². The zero-order valence-electron chi connectivity index (χ0n) is 9.47. The number of benzene rings is 1. The average molecular weight is 231 g/mol. The number of hydrogen-bond donors (Lipinski definition) is 2. The molecule has 0 radical (unpaired) electrons. The number of phenolic OH excluding ortho intramolecular Hbond substituents is 1. The number of aromatic amines is 1. The Morgan fingerprint density at radius 3 is 2.59 bits per heavy atom. The SMILES string of the molecule is CN1Cc2[nH]n(-c3ccc(O)cc3)c(=O)c2C1. The van der Waals surface area contributed by atoms with Gasteiger partial charge in [0.2, 0.25) is 0 Å². The fourth-order valence-electron chi connectivity index (χ4n) is 2.19. The molecule has 0 amide bonds. The summed E-state index contributed by atoms with van der Waals surface area (Å²) in [4.78, 5) is 14.2. The van der Waals surface area contributed by atoms with Gasteiger partial charge in [-0.15, -0.1) is 0 Å². The number of fused-ring (bicyclic) bond motifs is 1. The molecule has 2 heterocycles. The van der Waals surface area contributed by atoms with Crippen LogP contribution < -0.4 is 5.56 Å². The van der Waals surface area contributed by atoms with E-state index in [1.807, 2.05) is 7.05 Å². The fraction of sp³-hybridized carbons (Fsp3) is 0.250. The molecule has 1 aromatic carbocycles.